The molecule has 5 heteroatoms. The number of carbonyl (C=O) groups is 1. The Hall–Kier alpha value is -1.49. The van der Waals surface area contributed by atoms with Crippen LogP contribution in [0.15, 0.2) is 22.8 Å². The van der Waals surface area contributed by atoms with E-state index in [0.717, 1.165) is 12.8 Å². The molecule has 106 valence electrons. The SMILES string of the molecule is CC1(C)CC(N)CC(C)(C)N1C(=O)Nc1ccco1. The number of carbonyl (C=O) groups excluding carboxylic acids is 1. The van der Waals surface area contributed by atoms with E-state index in [2.05, 4.69) is 33.0 Å². The number of piperidine rings is 1. The quantitative estimate of drug-likeness (QED) is 0.820. The van der Waals surface area contributed by atoms with Crippen LogP contribution in [0.5, 0.6) is 0 Å². The molecule has 5 nitrogen and oxygen atoms in total. The third-order valence-corrected chi connectivity index (χ3v) is 3.69. The van der Waals surface area contributed by atoms with Crippen LogP contribution in [0.2, 0.25) is 0 Å². The minimum atomic E-state index is -0.280. The minimum Gasteiger partial charge on any atom is -0.449 e. The van der Waals surface area contributed by atoms with E-state index in [9.17, 15) is 4.79 Å². The Labute approximate surface area is 114 Å². The molecule has 0 radical (unpaired) electrons. The molecule has 2 amide bonds. The molecule has 2 heterocycles. The molecule has 1 aromatic rings. The second kappa shape index (κ2) is 4.56. The molecular weight excluding hydrogens is 242 g/mol. The van der Waals surface area contributed by atoms with Crippen molar-refractivity contribution in [1.29, 1.82) is 0 Å². The second-order valence-corrected chi connectivity index (χ2v) is 6.54. The summed E-state index contributed by atoms with van der Waals surface area (Å²) in [6, 6.07) is 3.46. The maximum absolute atomic E-state index is 12.5. The summed E-state index contributed by atoms with van der Waals surface area (Å²) in [6.45, 7) is 8.20. The van der Waals surface area contributed by atoms with Gasteiger partial charge in [-0.1, -0.05) is 0 Å². The summed E-state index contributed by atoms with van der Waals surface area (Å²) >= 11 is 0. The van der Waals surface area contributed by atoms with Gasteiger partial charge in [0.05, 0.1) is 6.26 Å². The van der Waals surface area contributed by atoms with Crippen molar-refractivity contribution >= 4 is 11.9 Å². The summed E-state index contributed by atoms with van der Waals surface area (Å²) in [5, 5.41) is 2.80. The van der Waals surface area contributed by atoms with Gasteiger partial charge in [0.25, 0.3) is 0 Å². The van der Waals surface area contributed by atoms with Gasteiger partial charge in [-0.25, -0.2) is 4.79 Å². The first-order chi connectivity index (χ1) is 8.72. The highest BCUT2D eigenvalue weighted by Gasteiger charge is 2.47. The molecule has 0 atom stereocenters. The topological polar surface area (TPSA) is 71.5 Å². The minimum absolute atomic E-state index is 0.123. The first-order valence-corrected chi connectivity index (χ1v) is 6.63. The van der Waals surface area contributed by atoms with Gasteiger partial charge in [0, 0.05) is 23.2 Å². The molecular formula is C14H23N3O2. The average molecular weight is 265 g/mol. The lowest BCUT2D eigenvalue weighted by Crippen LogP contribution is -2.66. The van der Waals surface area contributed by atoms with Crippen LogP contribution in [-0.2, 0) is 0 Å². The molecule has 0 aliphatic carbocycles. The molecule has 0 aromatic carbocycles. The van der Waals surface area contributed by atoms with E-state index in [1.807, 2.05) is 4.90 Å². The Balaban J connectivity index is 2.22. The third kappa shape index (κ3) is 2.76. The van der Waals surface area contributed by atoms with Crippen molar-refractivity contribution in [2.24, 2.45) is 5.73 Å². The van der Waals surface area contributed by atoms with Crippen LogP contribution in [0.1, 0.15) is 40.5 Å². The summed E-state index contributed by atoms with van der Waals surface area (Å²) in [5.74, 6) is 0.464. The maximum Gasteiger partial charge on any atom is 0.325 e. The first-order valence-electron chi connectivity index (χ1n) is 6.63. The van der Waals surface area contributed by atoms with E-state index in [4.69, 9.17) is 10.2 Å². The van der Waals surface area contributed by atoms with Gasteiger partial charge in [-0.05, 0) is 46.6 Å². The van der Waals surface area contributed by atoms with Crippen molar-refractivity contribution in [3.63, 3.8) is 0 Å². The highest BCUT2D eigenvalue weighted by atomic mass is 16.3. The molecule has 1 saturated heterocycles. The predicted octanol–water partition coefficient (Wildman–Crippen LogP) is 2.79. The maximum atomic E-state index is 12.5. The van der Waals surface area contributed by atoms with Gasteiger partial charge in [0.1, 0.15) is 0 Å². The predicted molar refractivity (Wildman–Crippen MR) is 74.9 cm³/mol. The highest BCUT2D eigenvalue weighted by molar-refractivity contribution is 5.89. The molecule has 1 aliphatic rings. The Bertz CT molecular complexity index is 433. The van der Waals surface area contributed by atoms with Gasteiger partial charge in [0.2, 0.25) is 5.88 Å². The molecule has 0 saturated carbocycles. The van der Waals surface area contributed by atoms with Crippen LogP contribution in [0.4, 0.5) is 10.7 Å². The number of nitrogens with one attached hydrogen (secondary N) is 1. The average Bonchev–Trinajstić information content (AvgIpc) is 2.64. The summed E-state index contributed by atoms with van der Waals surface area (Å²) in [5.41, 5.74) is 5.55. The van der Waals surface area contributed by atoms with Gasteiger partial charge in [-0.3, -0.25) is 5.32 Å². The van der Waals surface area contributed by atoms with Crippen LogP contribution >= 0.6 is 0 Å². The Morgan fingerprint density at radius 2 is 1.95 bits per heavy atom. The van der Waals surface area contributed by atoms with E-state index in [1.165, 1.54) is 6.26 Å². The largest absolute Gasteiger partial charge is 0.449 e. The zero-order chi connectivity index (χ0) is 14.3. The number of rotatable bonds is 1. The number of furan rings is 1. The van der Waals surface area contributed by atoms with Crippen molar-refractivity contribution in [1.82, 2.24) is 4.90 Å². The van der Waals surface area contributed by atoms with Crippen LogP contribution in [-0.4, -0.2) is 28.1 Å². The molecule has 1 aliphatic heterocycles. The summed E-state index contributed by atoms with van der Waals surface area (Å²) in [6.07, 6.45) is 3.13. The van der Waals surface area contributed by atoms with Crippen LogP contribution in [0.25, 0.3) is 0 Å². The molecule has 1 aromatic heterocycles. The summed E-state index contributed by atoms with van der Waals surface area (Å²) < 4.78 is 5.17. The van der Waals surface area contributed by atoms with Crippen LogP contribution < -0.4 is 11.1 Å². The number of nitrogens with two attached hydrogens (primary N) is 1. The monoisotopic (exact) mass is 265 g/mol. The van der Waals surface area contributed by atoms with Crippen LogP contribution in [0, 0.1) is 0 Å². The second-order valence-electron chi connectivity index (χ2n) is 6.54. The lowest BCUT2D eigenvalue weighted by molar-refractivity contribution is 0.00862. The van der Waals surface area contributed by atoms with Gasteiger partial charge < -0.3 is 15.1 Å². The van der Waals surface area contributed by atoms with Crippen molar-refractivity contribution in [3.8, 4) is 0 Å². The van der Waals surface area contributed by atoms with E-state index in [1.54, 1.807) is 12.1 Å². The molecule has 0 spiro atoms. The number of anilines is 1. The van der Waals surface area contributed by atoms with Gasteiger partial charge in [-0.2, -0.15) is 0 Å². The molecule has 19 heavy (non-hydrogen) atoms. The van der Waals surface area contributed by atoms with Gasteiger partial charge >= 0.3 is 6.03 Å². The van der Waals surface area contributed by atoms with Crippen molar-refractivity contribution < 1.29 is 9.21 Å². The fourth-order valence-electron chi connectivity index (χ4n) is 3.42. The zero-order valence-electron chi connectivity index (χ0n) is 12.1. The molecule has 0 unspecified atom stereocenters. The zero-order valence-corrected chi connectivity index (χ0v) is 12.1. The van der Waals surface area contributed by atoms with Crippen molar-refractivity contribution in [3.05, 3.63) is 18.4 Å². The van der Waals surface area contributed by atoms with Crippen LogP contribution in [0.3, 0.4) is 0 Å². The first kappa shape index (κ1) is 13.9. The fourth-order valence-corrected chi connectivity index (χ4v) is 3.42. The molecule has 1 fully saturated rings. The normalized spacial score (nSPS) is 22.3. The number of urea groups is 1. The van der Waals surface area contributed by atoms with E-state index in [-0.39, 0.29) is 23.2 Å². The van der Waals surface area contributed by atoms with E-state index in [0.29, 0.717) is 5.88 Å². The number of nitrogens with zero attached hydrogens (tertiary/aromatic N) is 1. The lowest BCUT2D eigenvalue weighted by atomic mass is 9.77. The van der Waals surface area contributed by atoms with E-state index >= 15 is 0 Å². The van der Waals surface area contributed by atoms with Gasteiger partial charge in [0.15, 0.2) is 0 Å². The Morgan fingerprint density at radius 1 is 1.37 bits per heavy atom. The van der Waals surface area contributed by atoms with E-state index < -0.39 is 0 Å². The number of likely N-dealkylation sites (tertiary alicyclic amines) is 1. The molecule has 0 bridgehead atoms. The lowest BCUT2D eigenvalue weighted by Gasteiger charge is -2.54. The van der Waals surface area contributed by atoms with Crippen molar-refractivity contribution in [2.45, 2.75) is 57.7 Å². The fraction of sp³-hybridized carbons (Fsp3) is 0.643. The number of amides is 2. The standard InChI is InChI=1S/C14H23N3O2/c1-13(2)8-10(15)9-14(3,4)17(13)12(18)16-11-6-5-7-19-11/h5-7,10H,8-9,15H2,1-4H3,(H,16,18). The third-order valence-electron chi connectivity index (χ3n) is 3.69. The summed E-state index contributed by atoms with van der Waals surface area (Å²) in [7, 11) is 0. The summed E-state index contributed by atoms with van der Waals surface area (Å²) in [4.78, 5) is 14.4. The smallest absolute Gasteiger partial charge is 0.325 e. The Kier molecular flexibility index (Phi) is 3.34. The highest BCUT2D eigenvalue weighted by Crippen LogP contribution is 2.38. The number of hydrogen-bond acceptors (Lipinski definition) is 3. The van der Waals surface area contributed by atoms with Crippen molar-refractivity contribution in [2.75, 3.05) is 5.32 Å². The molecule has 3 N–H and O–H groups in total. The van der Waals surface area contributed by atoms with Gasteiger partial charge in [-0.15, -0.1) is 0 Å². The number of hydrogen-bond donors (Lipinski definition) is 2. The Morgan fingerprint density at radius 3 is 2.42 bits per heavy atom. The molecule has 2 rings (SSSR count).